The van der Waals surface area contributed by atoms with Gasteiger partial charge in [0.25, 0.3) is 0 Å². The van der Waals surface area contributed by atoms with E-state index in [4.69, 9.17) is 0 Å². The molecule has 1 rings (SSSR count). The number of carbonyl (C=O) groups excluding carboxylic acids is 1. The number of aromatic nitrogens is 1. The first-order valence-electron chi connectivity index (χ1n) is 6.73. The van der Waals surface area contributed by atoms with Gasteiger partial charge in [-0.25, -0.2) is 4.98 Å². The third-order valence-corrected chi connectivity index (χ3v) is 3.99. The van der Waals surface area contributed by atoms with Gasteiger partial charge in [-0.05, 0) is 20.8 Å². The van der Waals surface area contributed by atoms with Crippen molar-refractivity contribution in [3.8, 4) is 0 Å². The van der Waals surface area contributed by atoms with Gasteiger partial charge in [0.05, 0.1) is 23.2 Å². The average Bonchev–Trinajstić information content (AvgIpc) is 2.73. The number of aliphatic hydroxyl groups is 1. The van der Waals surface area contributed by atoms with Crippen molar-refractivity contribution in [1.82, 2.24) is 9.88 Å². The van der Waals surface area contributed by atoms with Gasteiger partial charge in [0.1, 0.15) is 0 Å². The van der Waals surface area contributed by atoms with Crippen LogP contribution in [0, 0.1) is 0 Å². The Morgan fingerprint density at radius 1 is 1.37 bits per heavy atom. The Hall–Kier alpha value is -0.940. The summed E-state index contributed by atoms with van der Waals surface area (Å²) in [5.41, 5.74) is 0.829. The zero-order valence-corrected chi connectivity index (χ0v) is 13.2. The molecule has 5 heteroatoms. The maximum atomic E-state index is 12.2. The predicted molar refractivity (Wildman–Crippen MR) is 78.4 cm³/mol. The molecule has 1 unspecified atom stereocenters. The second kappa shape index (κ2) is 7.01. The van der Waals surface area contributed by atoms with Crippen LogP contribution in [0.25, 0.3) is 0 Å². The van der Waals surface area contributed by atoms with E-state index in [2.05, 4.69) is 18.8 Å². The molecule has 0 spiro atoms. The fraction of sp³-hybridized carbons (Fsp3) is 0.714. The van der Waals surface area contributed by atoms with Crippen molar-refractivity contribution >= 4 is 17.2 Å². The summed E-state index contributed by atoms with van der Waals surface area (Å²) in [6, 6.07) is 0.0882. The van der Waals surface area contributed by atoms with E-state index in [1.54, 1.807) is 23.2 Å². The van der Waals surface area contributed by atoms with Gasteiger partial charge in [0.15, 0.2) is 0 Å². The summed E-state index contributed by atoms with van der Waals surface area (Å²) in [5, 5.41) is 12.5. The summed E-state index contributed by atoms with van der Waals surface area (Å²) < 4.78 is 0. The number of nitrogens with zero attached hydrogens (tertiary/aromatic N) is 2. The van der Waals surface area contributed by atoms with Crippen molar-refractivity contribution in [2.45, 2.75) is 59.1 Å². The highest BCUT2D eigenvalue weighted by atomic mass is 32.1. The Kier molecular flexibility index (Phi) is 5.94. The van der Waals surface area contributed by atoms with Crippen LogP contribution in [0.15, 0.2) is 5.38 Å². The van der Waals surface area contributed by atoms with E-state index in [0.717, 1.165) is 10.7 Å². The third-order valence-electron chi connectivity index (χ3n) is 2.80. The maximum Gasteiger partial charge on any atom is 0.228 e. The predicted octanol–water partition coefficient (Wildman–Crippen LogP) is 2.43. The molecule has 1 N–H and O–H groups in total. The Balaban J connectivity index is 2.70. The van der Waals surface area contributed by atoms with Crippen LogP contribution in [0.5, 0.6) is 0 Å². The first-order valence-corrected chi connectivity index (χ1v) is 7.61. The van der Waals surface area contributed by atoms with Crippen molar-refractivity contribution in [3.05, 3.63) is 16.1 Å². The number of aliphatic hydroxyl groups excluding tert-OH is 1. The second-order valence-electron chi connectivity index (χ2n) is 5.50. The van der Waals surface area contributed by atoms with E-state index in [1.807, 2.05) is 19.2 Å². The van der Waals surface area contributed by atoms with Gasteiger partial charge >= 0.3 is 0 Å². The van der Waals surface area contributed by atoms with Crippen molar-refractivity contribution in [2.75, 3.05) is 6.54 Å². The summed E-state index contributed by atoms with van der Waals surface area (Å²) in [6.07, 6.45) is -0.193. The molecule has 0 fully saturated rings. The van der Waals surface area contributed by atoms with Crippen LogP contribution in [0.3, 0.4) is 0 Å². The van der Waals surface area contributed by atoms with Crippen LogP contribution in [0.4, 0.5) is 0 Å². The number of thiazole rings is 1. The molecule has 0 saturated heterocycles. The lowest BCUT2D eigenvalue weighted by atomic mass is 10.2. The molecular formula is C14H24N2O2S. The van der Waals surface area contributed by atoms with E-state index in [9.17, 15) is 9.90 Å². The summed E-state index contributed by atoms with van der Waals surface area (Å²) >= 11 is 1.60. The van der Waals surface area contributed by atoms with E-state index >= 15 is 0 Å². The molecule has 1 aromatic heterocycles. The summed E-state index contributed by atoms with van der Waals surface area (Å²) in [4.78, 5) is 18.4. The first kappa shape index (κ1) is 16.1. The summed E-state index contributed by atoms with van der Waals surface area (Å²) in [5.74, 6) is 0.420. The van der Waals surface area contributed by atoms with Crippen LogP contribution in [-0.4, -0.2) is 39.6 Å². The number of amides is 1. The van der Waals surface area contributed by atoms with E-state index in [-0.39, 0.29) is 11.9 Å². The average molecular weight is 284 g/mol. The van der Waals surface area contributed by atoms with Crippen molar-refractivity contribution in [1.29, 1.82) is 0 Å². The lowest BCUT2D eigenvalue weighted by Gasteiger charge is -2.27. The molecule has 0 radical (unpaired) electrons. The maximum absolute atomic E-state index is 12.2. The minimum Gasteiger partial charge on any atom is -0.392 e. The highest BCUT2D eigenvalue weighted by Gasteiger charge is 2.20. The van der Waals surface area contributed by atoms with E-state index in [1.165, 1.54) is 0 Å². The lowest BCUT2D eigenvalue weighted by molar-refractivity contribution is -0.133. The van der Waals surface area contributed by atoms with E-state index < -0.39 is 6.10 Å². The van der Waals surface area contributed by atoms with Gasteiger partial charge in [-0.3, -0.25) is 4.79 Å². The number of carbonyl (C=O) groups is 1. The van der Waals surface area contributed by atoms with Gasteiger partial charge < -0.3 is 10.0 Å². The lowest BCUT2D eigenvalue weighted by Crippen LogP contribution is -2.42. The second-order valence-corrected chi connectivity index (χ2v) is 6.39. The number of hydrogen-bond donors (Lipinski definition) is 1. The molecule has 1 atom stereocenters. The standard InChI is InChI=1S/C14H24N2O2S/c1-9(2)14-15-12(8-19-14)6-13(18)16(10(3)4)7-11(5)17/h8-11,17H,6-7H2,1-5H3. The minimum atomic E-state index is -0.506. The van der Waals surface area contributed by atoms with Crippen LogP contribution < -0.4 is 0 Å². The molecule has 19 heavy (non-hydrogen) atoms. The van der Waals surface area contributed by atoms with Crippen LogP contribution in [-0.2, 0) is 11.2 Å². The van der Waals surface area contributed by atoms with Gasteiger partial charge in [-0.1, -0.05) is 13.8 Å². The van der Waals surface area contributed by atoms with E-state index in [0.29, 0.717) is 18.9 Å². The molecule has 1 aromatic rings. The first-order chi connectivity index (χ1) is 8.81. The summed E-state index contributed by atoms with van der Waals surface area (Å²) in [6.45, 7) is 10.2. The van der Waals surface area contributed by atoms with Gasteiger partial charge in [0.2, 0.25) is 5.91 Å². The SMILES string of the molecule is CC(O)CN(C(=O)Cc1csc(C(C)C)n1)C(C)C. The molecule has 0 aliphatic carbocycles. The zero-order valence-electron chi connectivity index (χ0n) is 12.4. The van der Waals surface area contributed by atoms with Gasteiger partial charge in [-0.15, -0.1) is 11.3 Å². The number of hydrogen-bond acceptors (Lipinski definition) is 4. The van der Waals surface area contributed by atoms with Crippen LogP contribution >= 0.6 is 11.3 Å². The Bertz CT molecular complexity index is 413. The number of rotatable bonds is 6. The Labute approximate surface area is 119 Å². The fourth-order valence-electron chi connectivity index (χ4n) is 1.81. The molecule has 0 bridgehead atoms. The molecule has 0 aromatic carbocycles. The highest BCUT2D eigenvalue weighted by molar-refractivity contribution is 7.09. The molecule has 0 aliphatic heterocycles. The highest BCUT2D eigenvalue weighted by Crippen LogP contribution is 2.19. The van der Waals surface area contributed by atoms with Gasteiger partial charge in [-0.2, -0.15) is 0 Å². The smallest absolute Gasteiger partial charge is 0.228 e. The largest absolute Gasteiger partial charge is 0.392 e. The van der Waals surface area contributed by atoms with Crippen molar-refractivity contribution in [3.63, 3.8) is 0 Å². The molecule has 0 saturated carbocycles. The van der Waals surface area contributed by atoms with Crippen LogP contribution in [0.1, 0.15) is 51.2 Å². The topological polar surface area (TPSA) is 53.4 Å². The normalized spacial score (nSPS) is 13.1. The van der Waals surface area contributed by atoms with Crippen LogP contribution in [0.2, 0.25) is 0 Å². The van der Waals surface area contributed by atoms with Crippen molar-refractivity contribution in [2.24, 2.45) is 0 Å². The Morgan fingerprint density at radius 2 is 2.00 bits per heavy atom. The molecular weight excluding hydrogens is 260 g/mol. The summed E-state index contributed by atoms with van der Waals surface area (Å²) in [7, 11) is 0. The monoisotopic (exact) mass is 284 g/mol. The molecule has 108 valence electrons. The molecule has 1 heterocycles. The third kappa shape index (κ3) is 4.91. The molecule has 0 aliphatic rings. The van der Waals surface area contributed by atoms with Crippen molar-refractivity contribution < 1.29 is 9.90 Å². The molecule has 1 amide bonds. The minimum absolute atomic E-state index is 0.0245. The molecule has 4 nitrogen and oxygen atoms in total. The fourth-order valence-corrected chi connectivity index (χ4v) is 2.65. The Morgan fingerprint density at radius 3 is 2.42 bits per heavy atom. The zero-order chi connectivity index (χ0) is 14.6. The quantitative estimate of drug-likeness (QED) is 0.873. The van der Waals surface area contributed by atoms with Gasteiger partial charge in [0, 0.05) is 23.9 Å².